The maximum absolute atomic E-state index is 13.5. The molecular weight excluding hydrogens is 405 g/mol. The Kier molecular flexibility index (Phi) is 7.42. The molecule has 7 nitrogen and oxygen atoms in total. The van der Waals surface area contributed by atoms with Gasteiger partial charge in [0.1, 0.15) is 5.82 Å². The highest BCUT2D eigenvalue weighted by Gasteiger charge is 2.12. The fourth-order valence-electron chi connectivity index (χ4n) is 3.05. The van der Waals surface area contributed by atoms with E-state index in [2.05, 4.69) is 25.3 Å². The minimum absolute atomic E-state index is 0.190. The predicted octanol–water partition coefficient (Wildman–Crippen LogP) is 2.38. The SMILES string of the molecule is CCNC(=NCCNS(=O)(=O)c1ccccc1)NCCc1c[nH]c2ccc(F)cc12. The Hall–Kier alpha value is -2.91. The van der Waals surface area contributed by atoms with E-state index in [4.69, 9.17) is 0 Å². The van der Waals surface area contributed by atoms with Crippen LogP contribution < -0.4 is 15.4 Å². The molecule has 0 aliphatic carbocycles. The molecule has 4 N–H and O–H groups in total. The first-order valence-corrected chi connectivity index (χ1v) is 11.3. The third-order valence-corrected chi connectivity index (χ3v) is 5.96. The summed E-state index contributed by atoms with van der Waals surface area (Å²) in [5.41, 5.74) is 1.92. The van der Waals surface area contributed by atoms with Crippen LogP contribution in [0.2, 0.25) is 0 Å². The second-order valence-electron chi connectivity index (χ2n) is 6.65. The van der Waals surface area contributed by atoms with Crippen molar-refractivity contribution in [2.45, 2.75) is 18.2 Å². The third kappa shape index (κ3) is 5.80. The standard InChI is InChI=1S/C21H26FN5O2S/c1-2-23-21(25-12-13-27-30(28,29)18-6-4-3-5-7-18)24-11-10-16-15-26-20-9-8-17(22)14-19(16)20/h3-9,14-15,26-27H,2,10-13H2,1H3,(H2,23,24,25). The first-order chi connectivity index (χ1) is 14.5. The highest BCUT2D eigenvalue weighted by Crippen LogP contribution is 2.19. The van der Waals surface area contributed by atoms with Gasteiger partial charge in [0.05, 0.1) is 11.4 Å². The van der Waals surface area contributed by atoms with Crippen molar-refractivity contribution in [3.05, 3.63) is 66.1 Å². The molecule has 0 aliphatic heterocycles. The summed E-state index contributed by atoms with van der Waals surface area (Å²) in [6.07, 6.45) is 2.57. The molecule has 3 aromatic rings. The number of aromatic amines is 1. The average molecular weight is 432 g/mol. The van der Waals surface area contributed by atoms with Gasteiger partial charge in [0.2, 0.25) is 10.0 Å². The monoisotopic (exact) mass is 431 g/mol. The van der Waals surface area contributed by atoms with Crippen LogP contribution in [0.5, 0.6) is 0 Å². The quantitative estimate of drug-likeness (QED) is 0.238. The van der Waals surface area contributed by atoms with Gasteiger partial charge >= 0.3 is 0 Å². The van der Waals surface area contributed by atoms with Gasteiger partial charge in [-0.15, -0.1) is 0 Å². The number of guanidine groups is 1. The first kappa shape index (κ1) is 21.8. The molecule has 2 aromatic carbocycles. The van der Waals surface area contributed by atoms with E-state index < -0.39 is 10.0 Å². The number of rotatable bonds is 9. The van der Waals surface area contributed by atoms with E-state index in [-0.39, 0.29) is 17.3 Å². The van der Waals surface area contributed by atoms with Crippen LogP contribution >= 0.6 is 0 Å². The number of sulfonamides is 1. The largest absolute Gasteiger partial charge is 0.361 e. The van der Waals surface area contributed by atoms with Gasteiger partial charge < -0.3 is 15.6 Å². The molecule has 0 amide bonds. The molecular formula is C21H26FN5O2S. The summed E-state index contributed by atoms with van der Waals surface area (Å²) in [6, 6.07) is 12.9. The lowest BCUT2D eigenvalue weighted by Gasteiger charge is -2.11. The smallest absolute Gasteiger partial charge is 0.240 e. The van der Waals surface area contributed by atoms with Crippen molar-refractivity contribution >= 4 is 26.9 Å². The van der Waals surface area contributed by atoms with Crippen molar-refractivity contribution in [2.75, 3.05) is 26.2 Å². The second-order valence-corrected chi connectivity index (χ2v) is 8.42. The average Bonchev–Trinajstić information content (AvgIpc) is 3.14. The van der Waals surface area contributed by atoms with Crippen LogP contribution in [0.15, 0.2) is 64.6 Å². The molecule has 0 aliphatic rings. The van der Waals surface area contributed by atoms with Gasteiger partial charge in [-0.25, -0.2) is 17.5 Å². The summed E-state index contributed by atoms with van der Waals surface area (Å²) in [5.74, 6) is 0.339. The summed E-state index contributed by atoms with van der Waals surface area (Å²) in [6.45, 7) is 3.72. The van der Waals surface area contributed by atoms with Crippen LogP contribution in [0.3, 0.4) is 0 Å². The minimum Gasteiger partial charge on any atom is -0.361 e. The fourth-order valence-corrected chi connectivity index (χ4v) is 4.09. The van der Waals surface area contributed by atoms with Gasteiger partial charge in [-0.2, -0.15) is 0 Å². The molecule has 0 atom stereocenters. The van der Waals surface area contributed by atoms with Gasteiger partial charge in [-0.3, -0.25) is 4.99 Å². The third-order valence-electron chi connectivity index (χ3n) is 4.49. The number of nitrogens with zero attached hydrogens (tertiary/aromatic N) is 1. The zero-order valence-electron chi connectivity index (χ0n) is 16.8. The van der Waals surface area contributed by atoms with E-state index in [1.54, 1.807) is 36.4 Å². The summed E-state index contributed by atoms with van der Waals surface area (Å²) in [7, 11) is -3.54. The van der Waals surface area contributed by atoms with Crippen molar-refractivity contribution in [1.82, 2.24) is 20.3 Å². The molecule has 160 valence electrons. The highest BCUT2D eigenvalue weighted by atomic mass is 32.2. The molecule has 1 heterocycles. The summed E-state index contributed by atoms with van der Waals surface area (Å²) < 4.78 is 40.5. The number of hydrogen-bond donors (Lipinski definition) is 4. The van der Waals surface area contributed by atoms with E-state index in [1.807, 2.05) is 13.1 Å². The van der Waals surface area contributed by atoms with Gasteiger partial charge in [-0.05, 0) is 49.2 Å². The number of fused-ring (bicyclic) bond motifs is 1. The zero-order chi connectivity index (χ0) is 21.4. The summed E-state index contributed by atoms with van der Waals surface area (Å²) >= 11 is 0. The topological polar surface area (TPSA) is 98.4 Å². The van der Waals surface area contributed by atoms with Crippen molar-refractivity contribution in [2.24, 2.45) is 4.99 Å². The fraction of sp³-hybridized carbons (Fsp3) is 0.286. The Morgan fingerprint density at radius 3 is 2.67 bits per heavy atom. The van der Waals surface area contributed by atoms with Gasteiger partial charge in [0, 0.05) is 36.7 Å². The molecule has 0 saturated carbocycles. The Labute approximate surface area is 175 Å². The highest BCUT2D eigenvalue weighted by molar-refractivity contribution is 7.89. The van der Waals surface area contributed by atoms with Crippen molar-refractivity contribution in [3.63, 3.8) is 0 Å². The molecule has 1 aromatic heterocycles. The van der Waals surface area contributed by atoms with Crippen molar-refractivity contribution < 1.29 is 12.8 Å². The van der Waals surface area contributed by atoms with Crippen LogP contribution in [0, 0.1) is 5.82 Å². The van der Waals surface area contributed by atoms with Crippen LogP contribution in [0.1, 0.15) is 12.5 Å². The van der Waals surface area contributed by atoms with Crippen LogP contribution in [0.4, 0.5) is 4.39 Å². The Morgan fingerprint density at radius 2 is 1.90 bits per heavy atom. The number of hydrogen-bond acceptors (Lipinski definition) is 3. The molecule has 9 heteroatoms. The maximum atomic E-state index is 13.5. The van der Waals surface area contributed by atoms with Gasteiger partial charge in [-0.1, -0.05) is 18.2 Å². The number of nitrogens with one attached hydrogen (secondary N) is 4. The van der Waals surface area contributed by atoms with Crippen molar-refractivity contribution in [1.29, 1.82) is 0 Å². The van der Waals surface area contributed by atoms with Gasteiger partial charge in [0.25, 0.3) is 0 Å². The summed E-state index contributed by atoms with van der Waals surface area (Å²) in [4.78, 5) is 7.78. The zero-order valence-corrected chi connectivity index (χ0v) is 17.6. The van der Waals surface area contributed by atoms with E-state index in [0.29, 0.717) is 32.0 Å². The van der Waals surface area contributed by atoms with Crippen molar-refractivity contribution in [3.8, 4) is 0 Å². The lowest BCUT2D eigenvalue weighted by atomic mass is 10.1. The molecule has 0 saturated heterocycles. The van der Waals surface area contributed by atoms with E-state index in [9.17, 15) is 12.8 Å². The molecule has 30 heavy (non-hydrogen) atoms. The molecule has 0 bridgehead atoms. The lowest BCUT2D eigenvalue weighted by molar-refractivity contribution is 0.582. The maximum Gasteiger partial charge on any atom is 0.240 e. The number of aliphatic imine (C=N–C) groups is 1. The Balaban J connectivity index is 1.51. The molecule has 3 rings (SSSR count). The number of aromatic nitrogens is 1. The normalized spacial score (nSPS) is 12.3. The summed E-state index contributed by atoms with van der Waals surface area (Å²) in [5, 5.41) is 7.22. The number of halogens is 1. The molecule has 0 unspecified atom stereocenters. The Bertz CT molecular complexity index is 1100. The van der Waals surface area contributed by atoms with Crippen LogP contribution in [-0.2, 0) is 16.4 Å². The number of H-pyrrole nitrogens is 1. The predicted molar refractivity (Wildman–Crippen MR) is 118 cm³/mol. The molecule has 0 fully saturated rings. The minimum atomic E-state index is -3.54. The number of benzene rings is 2. The molecule has 0 spiro atoms. The molecule has 0 radical (unpaired) electrons. The second kappa shape index (κ2) is 10.2. The van der Waals surface area contributed by atoms with E-state index in [1.165, 1.54) is 12.1 Å². The van der Waals surface area contributed by atoms with E-state index >= 15 is 0 Å². The van der Waals surface area contributed by atoms with Crippen LogP contribution in [0.25, 0.3) is 10.9 Å². The lowest BCUT2D eigenvalue weighted by Crippen LogP contribution is -2.39. The van der Waals surface area contributed by atoms with Gasteiger partial charge in [0.15, 0.2) is 5.96 Å². The Morgan fingerprint density at radius 1 is 1.10 bits per heavy atom. The first-order valence-electron chi connectivity index (χ1n) is 9.82. The van der Waals surface area contributed by atoms with E-state index in [0.717, 1.165) is 16.5 Å². The van der Waals surface area contributed by atoms with Crippen LogP contribution in [-0.4, -0.2) is 45.5 Å².